The predicted octanol–water partition coefficient (Wildman–Crippen LogP) is 2.20. The van der Waals surface area contributed by atoms with Crippen molar-refractivity contribution in [2.24, 2.45) is 0 Å². The Morgan fingerprint density at radius 1 is 1.44 bits per heavy atom. The van der Waals surface area contributed by atoms with Gasteiger partial charge < -0.3 is 14.4 Å². The van der Waals surface area contributed by atoms with E-state index in [1.54, 1.807) is 7.11 Å². The number of anilines is 1. The van der Waals surface area contributed by atoms with Crippen LogP contribution in [0.2, 0.25) is 5.15 Å². The number of thiazole rings is 1. The van der Waals surface area contributed by atoms with Crippen LogP contribution in [0.5, 0.6) is 0 Å². The number of carbonyl (C=O) groups excluding carboxylic acids is 1. The van der Waals surface area contributed by atoms with Crippen molar-refractivity contribution < 1.29 is 14.3 Å². The number of halogens is 1. The molecule has 1 fully saturated rings. The summed E-state index contributed by atoms with van der Waals surface area (Å²) in [6.07, 6.45) is 2.24. The molecule has 1 aliphatic heterocycles. The molecule has 2 rings (SSSR count). The highest BCUT2D eigenvalue weighted by Gasteiger charge is 2.24. The lowest BCUT2D eigenvalue weighted by atomic mass is 10.1. The van der Waals surface area contributed by atoms with E-state index in [1.165, 1.54) is 18.4 Å². The Morgan fingerprint density at radius 2 is 2.11 bits per heavy atom. The number of rotatable bonds is 3. The Hall–Kier alpha value is -0.850. The van der Waals surface area contributed by atoms with Crippen molar-refractivity contribution in [1.29, 1.82) is 0 Å². The number of esters is 1. The molecule has 0 saturated carbocycles. The fourth-order valence-corrected chi connectivity index (χ4v) is 3.18. The highest BCUT2D eigenvalue weighted by atomic mass is 35.5. The Kier molecular flexibility index (Phi) is 4.42. The molecule has 0 N–H and O–H groups in total. The van der Waals surface area contributed by atoms with Gasteiger partial charge in [-0.3, -0.25) is 0 Å². The number of hydrogen-bond acceptors (Lipinski definition) is 6. The summed E-state index contributed by atoms with van der Waals surface area (Å²) in [6.45, 7) is 1.73. The van der Waals surface area contributed by atoms with Gasteiger partial charge in [0.1, 0.15) is 0 Å². The molecule has 1 aromatic rings. The molecule has 100 valence electrons. The van der Waals surface area contributed by atoms with E-state index in [9.17, 15) is 4.79 Å². The minimum absolute atomic E-state index is 0.218. The lowest BCUT2D eigenvalue weighted by Gasteiger charge is -2.30. The first-order valence-electron chi connectivity index (χ1n) is 5.68. The predicted molar refractivity (Wildman–Crippen MR) is 70.7 cm³/mol. The van der Waals surface area contributed by atoms with Gasteiger partial charge in [0.2, 0.25) is 0 Å². The van der Waals surface area contributed by atoms with Crippen molar-refractivity contribution >= 4 is 34.0 Å². The molecule has 1 saturated heterocycles. The van der Waals surface area contributed by atoms with Crippen LogP contribution in [0.4, 0.5) is 5.13 Å². The van der Waals surface area contributed by atoms with Crippen molar-refractivity contribution in [2.75, 3.05) is 32.2 Å². The smallest absolute Gasteiger partial charge is 0.351 e. The molecule has 1 aliphatic rings. The second-order valence-electron chi connectivity index (χ2n) is 4.03. The molecule has 18 heavy (non-hydrogen) atoms. The molecule has 0 amide bonds. The van der Waals surface area contributed by atoms with Gasteiger partial charge in [0, 0.05) is 20.2 Å². The monoisotopic (exact) mass is 290 g/mol. The van der Waals surface area contributed by atoms with Crippen LogP contribution in [0.15, 0.2) is 0 Å². The maximum atomic E-state index is 11.5. The van der Waals surface area contributed by atoms with E-state index < -0.39 is 5.97 Å². The highest BCUT2D eigenvalue weighted by molar-refractivity contribution is 7.18. The van der Waals surface area contributed by atoms with Gasteiger partial charge in [0.25, 0.3) is 0 Å². The normalized spacial score (nSPS) is 16.9. The highest BCUT2D eigenvalue weighted by Crippen LogP contribution is 2.31. The third kappa shape index (κ3) is 2.76. The Balaban J connectivity index is 2.08. The van der Waals surface area contributed by atoms with Crippen molar-refractivity contribution in [2.45, 2.75) is 18.9 Å². The summed E-state index contributed by atoms with van der Waals surface area (Å²) >= 11 is 7.22. The first-order valence-corrected chi connectivity index (χ1v) is 6.87. The summed E-state index contributed by atoms with van der Waals surface area (Å²) in [5, 5.41) is 0.991. The summed E-state index contributed by atoms with van der Waals surface area (Å²) in [5.41, 5.74) is 0. The maximum absolute atomic E-state index is 11.5. The number of carbonyl (C=O) groups is 1. The fourth-order valence-electron chi connectivity index (χ4n) is 1.93. The van der Waals surface area contributed by atoms with Gasteiger partial charge in [0.15, 0.2) is 15.2 Å². The molecule has 0 radical (unpaired) electrons. The molecule has 0 unspecified atom stereocenters. The summed E-state index contributed by atoms with van der Waals surface area (Å²) in [6, 6.07) is 0. The average molecular weight is 291 g/mol. The number of aromatic nitrogens is 1. The Labute approximate surface area is 115 Å². The van der Waals surface area contributed by atoms with E-state index in [0.29, 0.717) is 11.0 Å². The van der Waals surface area contributed by atoms with Gasteiger partial charge in [-0.2, -0.15) is 0 Å². The molecule has 7 heteroatoms. The van der Waals surface area contributed by atoms with Gasteiger partial charge in [-0.1, -0.05) is 22.9 Å². The minimum Gasteiger partial charge on any atom is -0.465 e. The van der Waals surface area contributed by atoms with E-state index in [1.807, 2.05) is 0 Å². The summed E-state index contributed by atoms with van der Waals surface area (Å²) < 4.78 is 9.98. The zero-order chi connectivity index (χ0) is 13.1. The number of ether oxygens (including phenoxy) is 2. The number of piperidine rings is 1. The molecule has 0 bridgehead atoms. The van der Waals surface area contributed by atoms with Crippen molar-refractivity contribution in [1.82, 2.24) is 4.98 Å². The molecule has 0 aromatic carbocycles. The third-order valence-corrected chi connectivity index (χ3v) is 4.47. The molecule has 0 spiro atoms. The van der Waals surface area contributed by atoms with Crippen LogP contribution in [-0.2, 0) is 9.47 Å². The summed E-state index contributed by atoms with van der Waals surface area (Å²) in [5.74, 6) is -0.435. The molecule has 0 aliphatic carbocycles. The molecule has 2 heterocycles. The zero-order valence-corrected chi connectivity index (χ0v) is 11.9. The van der Waals surface area contributed by atoms with E-state index in [-0.39, 0.29) is 5.15 Å². The standard InChI is InChI=1S/C11H15ClN2O3S/c1-16-7-3-5-14(6-4-7)11-13-9(12)8(18-11)10(15)17-2/h7H,3-6H2,1-2H3. The molecule has 0 atom stereocenters. The number of methoxy groups -OCH3 is 2. The molecular weight excluding hydrogens is 276 g/mol. The minimum atomic E-state index is -0.435. The average Bonchev–Trinajstić information content (AvgIpc) is 2.80. The largest absolute Gasteiger partial charge is 0.465 e. The van der Waals surface area contributed by atoms with Crippen LogP contribution in [0.1, 0.15) is 22.5 Å². The van der Waals surface area contributed by atoms with Crippen LogP contribution in [0.25, 0.3) is 0 Å². The van der Waals surface area contributed by atoms with Crippen molar-refractivity contribution in [3.8, 4) is 0 Å². The van der Waals surface area contributed by atoms with E-state index in [4.69, 9.17) is 16.3 Å². The second-order valence-corrected chi connectivity index (χ2v) is 5.37. The fraction of sp³-hybridized carbons (Fsp3) is 0.636. The first-order chi connectivity index (χ1) is 8.65. The lowest BCUT2D eigenvalue weighted by Crippen LogP contribution is -2.36. The number of nitrogens with zero attached hydrogens (tertiary/aromatic N) is 2. The van der Waals surface area contributed by atoms with E-state index >= 15 is 0 Å². The SMILES string of the molecule is COC(=O)c1sc(N2CCC(OC)CC2)nc1Cl. The lowest BCUT2D eigenvalue weighted by molar-refractivity contribution is 0.0606. The Morgan fingerprint density at radius 3 is 2.67 bits per heavy atom. The maximum Gasteiger partial charge on any atom is 0.351 e. The van der Waals surface area contributed by atoms with Crippen molar-refractivity contribution in [3.05, 3.63) is 10.0 Å². The van der Waals surface area contributed by atoms with Gasteiger partial charge >= 0.3 is 5.97 Å². The topological polar surface area (TPSA) is 51.7 Å². The van der Waals surface area contributed by atoms with Crippen LogP contribution in [0.3, 0.4) is 0 Å². The van der Waals surface area contributed by atoms with Crippen LogP contribution in [0, 0.1) is 0 Å². The van der Waals surface area contributed by atoms with Crippen LogP contribution >= 0.6 is 22.9 Å². The van der Waals surface area contributed by atoms with Gasteiger partial charge in [-0.15, -0.1) is 0 Å². The Bertz CT molecular complexity index is 430. The van der Waals surface area contributed by atoms with E-state index in [2.05, 4.69) is 14.6 Å². The van der Waals surface area contributed by atoms with Crippen molar-refractivity contribution in [3.63, 3.8) is 0 Å². The summed E-state index contributed by atoms with van der Waals surface area (Å²) in [7, 11) is 3.07. The molecule has 5 nitrogen and oxygen atoms in total. The van der Waals surface area contributed by atoms with Gasteiger partial charge in [0.05, 0.1) is 13.2 Å². The molecule has 1 aromatic heterocycles. The van der Waals surface area contributed by atoms with Crippen LogP contribution in [-0.4, -0.2) is 44.4 Å². The summed E-state index contributed by atoms with van der Waals surface area (Å²) in [4.78, 5) is 18.2. The zero-order valence-electron chi connectivity index (χ0n) is 10.3. The quantitative estimate of drug-likeness (QED) is 0.799. The van der Waals surface area contributed by atoms with E-state index in [0.717, 1.165) is 31.1 Å². The first kappa shape index (κ1) is 13.6. The van der Waals surface area contributed by atoms with Gasteiger partial charge in [-0.05, 0) is 12.8 Å². The van der Waals surface area contributed by atoms with Gasteiger partial charge in [-0.25, -0.2) is 9.78 Å². The molecular formula is C11H15ClN2O3S. The van der Waals surface area contributed by atoms with Crippen LogP contribution < -0.4 is 4.90 Å². The number of hydrogen-bond donors (Lipinski definition) is 0. The second kappa shape index (κ2) is 5.86. The third-order valence-electron chi connectivity index (χ3n) is 2.99.